The van der Waals surface area contributed by atoms with Crippen LogP contribution in [0.15, 0.2) is 49.3 Å². The molecule has 3 aromatic rings. The van der Waals surface area contributed by atoms with E-state index in [0.717, 1.165) is 16.9 Å². The number of hydrogen-bond donors (Lipinski definition) is 2. The molecule has 8 nitrogen and oxygen atoms in total. The minimum absolute atomic E-state index is 0.343. The maximum Gasteiger partial charge on any atom is 0.319 e. The van der Waals surface area contributed by atoms with Crippen LogP contribution in [0.25, 0.3) is 5.82 Å². The minimum atomic E-state index is -0.343. The van der Waals surface area contributed by atoms with Crippen LogP contribution < -0.4 is 15.4 Å². The van der Waals surface area contributed by atoms with Crippen LogP contribution in [-0.2, 0) is 6.54 Å². The highest BCUT2D eigenvalue weighted by Crippen LogP contribution is 2.21. The molecule has 0 spiro atoms. The number of nitrogens with one attached hydrogen (secondary N) is 2. The molecular formula is C17H18N6O2. The van der Waals surface area contributed by atoms with E-state index in [9.17, 15) is 4.79 Å². The fraction of sp³-hybridized carbons (Fsp3) is 0.176. The lowest BCUT2D eigenvalue weighted by Crippen LogP contribution is -2.28. The van der Waals surface area contributed by atoms with Gasteiger partial charge in [-0.05, 0) is 30.2 Å². The Bertz CT molecular complexity index is 846. The van der Waals surface area contributed by atoms with Gasteiger partial charge >= 0.3 is 6.03 Å². The second-order valence-corrected chi connectivity index (χ2v) is 5.37. The maximum absolute atomic E-state index is 12.1. The molecule has 0 unspecified atom stereocenters. The van der Waals surface area contributed by atoms with Gasteiger partial charge in [0, 0.05) is 31.3 Å². The van der Waals surface area contributed by atoms with Crippen molar-refractivity contribution in [3.8, 4) is 11.7 Å². The molecule has 25 heavy (non-hydrogen) atoms. The number of carbonyl (C=O) groups is 1. The van der Waals surface area contributed by atoms with E-state index in [2.05, 4.69) is 25.6 Å². The molecule has 128 valence electrons. The standard InChI is InChI=1S/C17H18N6O2/c1-12-7-14(16(25-2)20-8-12)22-17(24)21-10-13-3-4-15(19-9-13)23-6-5-18-11-23/h3-9,11H,10H2,1-2H3,(H2,21,22,24). The first-order chi connectivity index (χ1) is 12.2. The van der Waals surface area contributed by atoms with Gasteiger partial charge in [0.15, 0.2) is 0 Å². The SMILES string of the molecule is COc1ncc(C)cc1NC(=O)NCc1ccc(-n2ccnc2)nc1. The van der Waals surface area contributed by atoms with Crippen LogP contribution in [0, 0.1) is 6.92 Å². The molecule has 0 atom stereocenters. The summed E-state index contributed by atoms with van der Waals surface area (Å²) >= 11 is 0. The molecule has 0 saturated carbocycles. The van der Waals surface area contributed by atoms with Gasteiger partial charge in [-0.1, -0.05) is 6.07 Å². The zero-order valence-electron chi connectivity index (χ0n) is 13.9. The number of rotatable bonds is 5. The van der Waals surface area contributed by atoms with E-state index in [1.165, 1.54) is 7.11 Å². The van der Waals surface area contributed by atoms with Crippen LogP contribution >= 0.6 is 0 Å². The third-order valence-corrected chi connectivity index (χ3v) is 3.46. The first-order valence-electron chi connectivity index (χ1n) is 7.64. The molecule has 0 bridgehead atoms. The van der Waals surface area contributed by atoms with Crippen molar-refractivity contribution in [2.75, 3.05) is 12.4 Å². The Hall–Kier alpha value is -3.42. The number of pyridine rings is 2. The van der Waals surface area contributed by atoms with Gasteiger partial charge in [-0.25, -0.2) is 19.7 Å². The van der Waals surface area contributed by atoms with Crippen molar-refractivity contribution in [3.63, 3.8) is 0 Å². The van der Waals surface area contributed by atoms with Crippen LogP contribution in [0.4, 0.5) is 10.5 Å². The van der Waals surface area contributed by atoms with Crippen molar-refractivity contribution >= 4 is 11.7 Å². The third-order valence-electron chi connectivity index (χ3n) is 3.46. The van der Waals surface area contributed by atoms with Gasteiger partial charge in [0.1, 0.15) is 17.8 Å². The minimum Gasteiger partial charge on any atom is -0.480 e. The summed E-state index contributed by atoms with van der Waals surface area (Å²) in [7, 11) is 1.51. The topological polar surface area (TPSA) is 94.0 Å². The lowest BCUT2D eigenvalue weighted by atomic mass is 10.3. The highest BCUT2D eigenvalue weighted by molar-refractivity contribution is 5.90. The molecular weight excluding hydrogens is 320 g/mol. The summed E-state index contributed by atoms with van der Waals surface area (Å²) in [6.45, 7) is 2.24. The van der Waals surface area contributed by atoms with Crippen LogP contribution in [0.5, 0.6) is 5.88 Å². The molecule has 2 N–H and O–H groups in total. The number of methoxy groups -OCH3 is 1. The fourth-order valence-corrected chi connectivity index (χ4v) is 2.23. The lowest BCUT2D eigenvalue weighted by Gasteiger charge is -2.11. The smallest absolute Gasteiger partial charge is 0.319 e. The van der Waals surface area contributed by atoms with Gasteiger partial charge in [0.05, 0.1) is 7.11 Å². The van der Waals surface area contributed by atoms with Gasteiger partial charge in [-0.3, -0.25) is 4.57 Å². The molecule has 0 saturated heterocycles. The van der Waals surface area contributed by atoms with E-state index in [-0.39, 0.29) is 6.03 Å². The summed E-state index contributed by atoms with van der Waals surface area (Å²) in [4.78, 5) is 24.5. The van der Waals surface area contributed by atoms with E-state index in [0.29, 0.717) is 18.1 Å². The summed E-state index contributed by atoms with van der Waals surface area (Å²) in [6, 6.07) is 5.22. The molecule has 3 heterocycles. The quantitative estimate of drug-likeness (QED) is 0.744. The van der Waals surface area contributed by atoms with Crippen molar-refractivity contribution in [1.82, 2.24) is 24.8 Å². The Balaban J connectivity index is 1.58. The second kappa shape index (κ2) is 7.43. The average Bonchev–Trinajstić information content (AvgIpc) is 3.15. The largest absolute Gasteiger partial charge is 0.480 e. The molecule has 2 amide bonds. The van der Waals surface area contributed by atoms with Gasteiger partial charge in [0.2, 0.25) is 5.88 Å². The number of aryl methyl sites for hydroxylation is 1. The first kappa shape index (κ1) is 16.4. The van der Waals surface area contributed by atoms with Crippen molar-refractivity contribution in [3.05, 3.63) is 60.4 Å². The Morgan fingerprint density at radius 1 is 1.28 bits per heavy atom. The van der Waals surface area contributed by atoms with Crippen molar-refractivity contribution in [2.24, 2.45) is 0 Å². The number of carbonyl (C=O) groups excluding carboxylic acids is 1. The fourth-order valence-electron chi connectivity index (χ4n) is 2.23. The zero-order chi connectivity index (χ0) is 17.6. The lowest BCUT2D eigenvalue weighted by molar-refractivity contribution is 0.251. The predicted molar refractivity (Wildman–Crippen MR) is 92.7 cm³/mol. The Kier molecular flexibility index (Phi) is 4.89. The molecule has 0 aliphatic heterocycles. The van der Waals surface area contributed by atoms with Crippen molar-refractivity contribution in [2.45, 2.75) is 13.5 Å². The van der Waals surface area contributed by atoms with Crippen LogP contribution in [0.1, 0.15) is 11.1 Å². The third kappa shape index (κ3) is 4.11. The number of imidazole rings is 1. The van der Waals surface area contributed by atoms with E-state index >= 15 is 0 Å². The highest BCUT2D eigenvalue weighted by atomic mass is 16.5. The predicted octanol–water partition coefficient (Wildman–Crippen LogP) is 2.30. The van der Waals surface area contributed by atoms with E-state index in [1.807, 2.05) is 25.3 Å². The normalized spacial score (nSPS) is 10.3. The average molecular weight is 338 g/mol. The summed E-state index contributed by atoms with van der Waals surface area (Å²) < 4.78 is 6.95. The number of hydrogen-bond acceptors (Lipinski definition) is 5. The number of aromatic nitrogens is 4. The van der Waals surface area contributed by atoms with Gasteiger partial charge in [-0.2, -0.15) is 0 Å². The Labute approximate surface area is 144 Å². The second-order valence-electron chi connectivity index (χ2n) is 5.37. The van der Waals surface area contributed by atoms with Crippen molar-refractivity contribution < 1.29 is 9.53 Å². The van der Waals surface area contributed by atoms with Crippen LogP contribution in [-0.4, -0.2) is 32.7 Å². The van der Waals surface area contributed by atoms with E-state index in [4.69, 9.17) is 4.74 Å². The number of ether oxygens (including phenoxy) is 1. The van der Waals surface area contributed by atoms with Gasteiger partial charge in [-0.15, -0.1) is 0 Å². The molecule has 0 aliphatic carbocycles. The molecule has 0 radical (unpaired) electrons. The molecule has 0 fully saturated rings. The zero-order valence-corrected chi connectivity index (χ0v) is 13.9. The number of anilines is 1. The Morgan fingerprint density at radius 3 is 2.84 bits per heavy atom. The van der Waals surface area contributed by atoms with Crippen molar-refractivity contribution in [1.29, 1.82) is 0 Å². The summed E-state index contributed by atoms with van der Waals surface area (Å²) in [5.41, 5.74) is 2.33. The van der Waals surface area contributed by atoms with Gasteiger partial charge < -0.3 is 15.4 Å². The number of nitrogens with zero attached hydrogens (tertiary/aromatic N) is 4. The van der Waals surface area contributed by atoms with E-state index in [1.54, 1.807) is 35.6 Å². The number of urea groups is 1. The van der Waals surface area contributed by atoms with Crippen LogP contribution in [0.3, 0.4) is 0 Å². The highest BCUT2D eigenvalue weighted by Gasteiger charge is 2.09. The first-order valence-corrected chi connectivity index (χ1v) is 7.64. The van der Waals surface area contributed by atoms with Gasteiger partial charge in [0.25, 0.3) is 0 Å². The number of amides is 2. The molecule has 3 aromatic heterocycles. The monoisotopic (exact) mass is 338 g/mol. The molecule has 8 heteroatoms. The Morgan fingerprint density at radius 2 is 2.16 bits per heavy atom. The summed E-state index contributed by atoms with van der Waals surface area (Å²) in [5, 5.41) is 5.52. The maximum atomic E-state index is 12.1. The molecule has 3 rings (SSSR count). The molecule has 0 aliphatic rings. The van der Waals surface area contributed by atoms with E-state index < -0.39 is 0 Å². The molecule has 0 aromatic carbocycles. The van der Waals surface area contributed by atoms with Crippen LogP contribution in [0.2, 0.25) is 0 Å². The summed E-state index contributed by atoms with van der Waals surface area (Å²) in [5.74, 6) is 1.13. The summed E-state index contributed by atoms with van der Waals surface area (Å²) in [6.07, 6.45) is 8.57.